The number of likely N-dealkylation sites (tertiary alicyclic amines) is 1. The summed E-state index contributed by atoms with van der Waals surface area (Å²) in [6, 6.07) is 13.3. The number of benzene rings is 2. The van der Waals surface area contributed by atoms with E-state index in [0.717, 1.165) is 12.1 Å². The van der Waals surface area contributed by atoms with Gasteiger partial charge in [0.2, 0.25) is 5.91 Å². The van der Waals surface area contributed by atoms with Gasteiger partial charge in [0.25, 0.3) is 0 Å². The van der Waals surface area contributed by atoms with Crippen molar-refractivity contribution in [1.29, 1.82) is 0 Å². The maximum atomic E-state index is 12.9. The number of anilines is 1. The van der Waals surface area contributed by atoms with Gasteiger partial charge in [-0.25, -0.2) is 4.79 Å². The summed E-state index contributed by atoms with van der Waals surface area (Å²) >= 11 is 0. The first-order chi connectivity index (χ1) is 14.2. The van der Waals surface area contributed by atoms with Crippen LogP contribution in [0.4, 0.5) is 23.7 Å². The van der Waals surface area contributed by atoms with Crippen molar-refractivity contribution < 1.29 is 22.8 Å². The summed E-state index contributed by atoms with van der Waals surface area (Å²) in [6.45, 7) is 2.54. The number of para-hydroxylation sites is 1. The number of hydrogen-bond acceptors (Lipinski definition) is 2. The normalized spacial score (nSPS) is 16.1. The second-order valence-corrected chi connectivity index (χ2v) is 7.41. The summed E-state index contributed by atoms with van der Waals surface area (Å²) in [7, 11) is 0. The fraction of sp³-hybridized carbons (Fsp3) is 0.364. The van der Waals surface area contributed by atoms with E-state index in [4.69, 9.17) is 0 Å². The minimum atomic E-state index is -4.42. The van der Waals surface area contributed by atoms with Crippen LogP contribution in [0.15, 0.2) is 54.6 Å². The number of halogens is 3. The number of hydrogen-bond donors (Lipinski definition) is 2. The number of carbonyl (C=O) groups is 2. The van der Waals surface area contributed by atoms with E-state index in [1.165, 1.54) is 6.07 Å². The van der Waals surface area contributed by atoms with Gasteiger partial charge in [0, 0.05) is 24.7 Å². The number of nitrogens with zero attached hydrogens (tertiary/aromatic N) is 1. The highest BCUT2D eigenvalue weighted by Gasteiger charge is 2.31. The van der Waals surface area contributed by atoms with Crippen molar-refractivity contribution in [2.24, 2.45) is 5.92 Å². The van der Waals surface area contributed by atoms with Gasteiger partial charge in [0.05, 0.1) is 11.6 Å². The first-order valence-electron chi connectivity index (χ1n) is 9.82. The molecule has 2 aromatic carbocycles. The average molecular weight is 419 g/mol. The molecule has 1 unspecified atom stereocenters. The van der Waals surface area contributed by atoms with Gasteiger partial charge in [-0.2, -0.15) is 13.2 Å². The van der Waals surface area contributed by atoms with Gasteiger partial charge in [0.1, 0.15) is 0 Å². The summed E-state index contributed by atoms with van der Waals surface area (Å²) < 4.78 is 38.7. The molecule has 1 heterocycles. The Morgan fingerprint density at radius 3 is 2.33 bits per heavy atom. The molecule has 160 valence electrons. The van der Waals surface area contributed by atoms with Crippen molar-refractivity contribution in [3.8, 4) is 0 Å². The zero-order chi connectivity index (χ0) is 21.7. The molecule has 3 rings (SSSR count). The van der Waals surface area contributed by atoms with E-state index >= 15 is 0 Å². The van der Waals surface area contributed by atoms with Crippen LogP contribution in [-0.2, 0) is 11.0 Å². The minimum Gasteiger partial charge on any atom is -0.349 e. The Bertz CT molecular complexity index is 879. The zero-order valence-corrected chi connectivity index (χ0v) is 16.6. The fourth-order valence-corrected chi connectivity index (χ4v) is 3.47. The summed E-state index contributed by atoms with van der Waals surface area (Å²) in [4.78, 5) is 26.6. The van der Waals surface area contributed by atoms with Crippen LogP contribution >= 0.6 is 0 Å². The molecule has 30 heavy (non-hydrogen) atoms. The van der Waals surface area contributed by atoms with Gasteiger partial charge >= 0.3 is 12.2 Å². The third kappa shape index (κ3) is 5.52. The van der Waals surface area contributed by atoms with E-state index in [2.05, 4.69) is 10.6 Å². The van der Waals surface area contributed by atoms with Gasteiger partial charge in [-0.1, -0.05) is 30.3 Å². The van der Waals surface area contributed by atoms with Crippen LogP contribution in [0.3, 0.4) is 0 Å². The molecule has 1 aliphatic heterocycles. The standard InChI is InChI=1S/C22H24F3N3O2/c1-15(17-6-5-7-18(14-17)22(23,24)25)26-20(29)16-10-12-28(13-11-16)21(30)27-19-8-3-2-4-9-19/h2-9,14-16H,10-13H2,1H3,(H,26,29)(H,27,30). The minimum absolute atomic E-state index is 0.206. The SMILES string of the molecule is CC(NC(=O)C1CCN(C(=O)Nc2ccccc2)CC1)c1cccc(C(F)(F)F)c1. The molecular weight excluding hydrogens is 395 g/mol. The Hall–Kier alpha value is -3.03. The highest BCUT2D eigenvalue weighted by atomic mass is 19.4. The van der Waals surface area contributed by atoms with Gasteiger partial charge in [-0.3, -0.25) is 4.79 Å². The smallest absolute Gasteiger partial charge is 0.349 e. The van der Waals surface area contributed by atoms with Gasteiger partial charge in [-0.15, -0.1) is 0 Å². The number of amides is 3. The summed E-state index contributed by atoms with van der Waals surface area (Å²) in [6.07, 6.45) is -3.42. The quantitative estimate of drug-likeness (QED) is 0.746. The van der Waals surface area contributed by atoms with Gasteiger partial charge in [-0.05, 0) is 49.6 Å². The summed E-state index contributed by atoms with van der Waals surface area (Å²) in [5, 5.41) is 5.62. The number of nitrogens with one attached hydrogen (secondary N) is 2. The molecule has 0 aromatic heterocycles. The maximum Gasteiger partial charge on any atom is 0.416 e. The largest absolute Gasteiger partial charge is 0.416 e. The molecule has 8 heteroatoms. The Balaban J connectivity index is 1.51. The predicted molar refractivity (Wildman–Crippen MR) is 108 cm³/mol. The lowest BCUT2D eigenvalue weighted by Gasteiger charge is -2.32. The van der Waals surface area contributed by atoms with E-state index in [1.54, 1.807) is 30.0 Å². The topological polar surface area (TPSA) is 61.4 Å². The molecule has 0 aliphatic carbocycles. The van der Waals surface area contributed by atoms with Gasteiger partial charge < -0.3 is 15.5 Å². The van der Waals surface area contributed by atoms with E-state index in [-0.39, 0.29) is 17.9 Å². The second kappa shape index (κ2) is 9.19. The molecule has 2 N–H and O–H groups in total. The number of alkyl halides is 3. The molecular formula is C22H24F3N3O2. The highest BCUT2D eigenvalue weighted by molar-refractivity contribution is 5.89. The van der Waals surface area contributed by atoms with Crippen molar-refractivity contribution in [1.82, 2.24) is 10.2 Å². The third-order valence-corrected chi connectivity index (χ3v) is 5.25. The van der Waals surface area contributed by atoms with Crippen LogP contribution in [0, 0.1) is 5.92 Å². The fourth-order valence-electron chi connectivity index (χ4n) is 3.47. The van der Waals surface area contributed by atoms with Crippen molar-refractivity contribution in [2.45, 2.75) is 32.0 Å². The molecule has 0 bridgehead atoms. The van der Waals surface area contributed by atoms with Crippen LogP contribution in [0.25, 0.3) is 0 Å². The molecule has 0 radical (unpaired) electrons. The van der Waals surface area contributed by atoms with Crippen LogP contribution in [0.2, 0.25) is 0 Å². The summed E-state index contributed by atoms with van der Waals surface area (Å²) in [5.74, 6) is -0.484. The number of rotatable bonds is 4. The Kier molecular flexibility index (Phi) is 6.64. The van der Waals surface area contributed by atoms with Crippen LogP contribution in [0.1, 0.15) is 36.9 Å². The molecule has 1 atom stereocenters. The predicted octanol–water partition coefficient (Wildman–Crippen LogP) is 4.83. The lowest BCUT2D eigenvalue weighted by Crippen LogP contribution is -2.44. The number of urea groups is 1. The van der Waals surface area contributed by atoms with Crippen molar-refractivity contribution >= 4 is 17.6 Å². The Labute approximate surface area is 173 Å². The first-order valence-corrected chi connectivity index (χ1v) is 9.82. The number of piperidine rings is 1. The molecule has 1 saturated heterocycles. The van der Waals surface area contributed by atoms with Crippen molar-refractivity contribution in [2.75, 3.05) is 18.4 Å². The lowest BCUT2D eigenvalue weighted by atomic mass is 9.95. The van der Waals surface area contributed by atoms with Crippen LogP contribution < -0.4 is 10.6 Å². The molecule has 3 amide bonds. The maximum absolute atomic E-state index is 12.9. The molecule has 1 fully saturated rings. The third-order valence-electron chi connectivity index (χ3n) is 5.25. The van der Waals surface area contributed by atoms with E-state index in [0.29, 0.717) is 37.2 Å². The zero-order valence-electron chi connectivity index (χ0n) is 16.6. The van der Waals surface area contributed by atoms with Crippen LogP contribution in [-0.4, -0.2) is 29.9 Å². The van der Waals surface area contributed by atoms with Gasteiger partial charge in [0.15, 0.2) is 0 Å². The second-order valence-electron chi connectivity index (χ2n) is 7.41. The Morgan fingerprint density at radius 2 is 1.70 bits per heavy atom. The highest BCUT2D eigenvalue weighted by Crippen LogP contribution is 2.31. The van der Waals surface area contributed by atoms with Crippen molar-refractivity contribution in [3.63, 3.8) is 0 Å². The molecule has 2 aromatic rings. The van der Waals surface area contributed by atoms with Crippen molar-refractivity contribution in [3.05, 3.63) is 65.7 Å². The Morgan fingerprint density at radius 1 is 1.03 bits per heavy atom. The monoisotopic (exact) mass is 419 g/mol. The number of carbonyl (C=O) groups excluding carboxylic acids is 2. The molecule has 5 nitrogen and oxygen atoms in total. The lowest BCUT2D eigenvalue weighted by molar-refractivity contribution is -0.137. The first kappa shape index (κ1) is 21.7. The van der Waals surface area contributed by atoms with E-state index in [1.807, 2.05) is 18.2 Å². The van der Waals surface area contributed by atoms with Crippen LogP contribution in [0.5, 0.6) is 0 Å². The molecule has 0 spiro atoms. The average Bonchev–Trinajstić information content (AvgIpc) is 2.74. The summed E-state index contributed by atoms with van der Waals surface area (Å²) in [5.41, 5.74) is 0.369. The molecule has 1 aliphatic rings. The molecule has 0 saturated carbocycles. The van der Waals surface area contributed by atoms with E-state index < -0.39 is 17.8 Å². The van der Waals surface area contributed by atoms with E-state index in [9.17, 15) is 22.8 Å².